The van der Waals surface area contributed by atoms with Crippen LogP contribution < -0.4 is 11.1 Å². The summed E-state index contributed by atoms with van der Waals surface area (Å²) in [6.07, 6.45) is 3.43. The summed E-state index contributed by atoms with van der Waals surface area (Å²) in [6, 6.07) is 0.311. The summed E-state index contributed by atoms with van der Waals surface area (Å²) in [5.74, 6) is 0.520. The summed E-state index contributed by atoms with van der Waals surface area (Å²) in [7, 11) is 1.77. The highest BCUT2D eigenvalue weighted by Crippen LogP contribution is 2.51. The Hall–Kier alpha value is -0.810. The minimum Gasteiger partial charge on any atom is -0.378 e. The van der Waals surface area contributed by atoms with Gasteiger partial charge in [-0.3, -0.25) is 4.99 Å². The molecule has 2 rings (SSSR count). The molecule has 5 heteroatoms. The molecule has 1 heterocycles. The highest BCUT2D eigenvalue weighted by Gasteiger charge is 2.57. The van der Waals surface area contributed by atoms with Gasteiger partial charge in [-0.2, -0.15) is 0 Å². The van der Waals surface area contributed by atoms with Gasteiger partial charge < -0.3 is 20.5 Å². The third-order valence-corrected chi connectivity index (χ3v) is 5.09. The summed E-state index contributed by atoms with van der Waals surface area (Å²) in [4.78, 5) is 4.38. The Kier molecular flexibility index (Phi) is 4.06. The Labute approximate surface area is 115 Å². The second-order valence-corrected chi connectivity index (χ2v) is 6.42. The lowest BCUT2D eigenvalue weighted by Crippen LogP contribution is -2.69. The number of nitrogens with two attached hydrogens (primary N) is 1. The Morgan fingerprint density at radius 2 is 2.21 bits per heavy atom. The van der Waals surface area contributed by atoms with Gasteiger partial charge in [0, 0.05) is 25.2 Å². The number of hydrogen-bond acceptors (Lipinski definition) is 3. The van der Waals surface area contributed by atoms with Crippen LogP contribution in [0.1, 0.15) is 40.0 Å². The molecular weight excluding hydrogens is 242 g/mol. The fourth-order valence-electron chi connectivity index (χ4n) is 2.94. The molecule has 0 aromatic rings. The van der Waals surface area contributed by atoms with Gasteiger partial charge in [0.2, 0.25) is 0 Å². The van der Waals surface area contributed by atoms with E-state index in [1.807, 2.05) is 0 Å². The van der Waals surface area contributed by atoms with Gasteiger partial charge in [0.1, 0.15) is 0 Å². The van der Waals surface area contributed by atoms with E-state index in [0.29, 0.717) is 18.5 Å². The zero-order chi connectivity index (χ0) is 14.1. The Morgan fingerprint density at radius 3 is 2.74 bits per heavy atom. The quantitative estimate of drug-likeness (QED) is 0.596. The van der Waals surface area contributed by atoms with Crippen molar-refractivity contribution in [2.45, 2.75) is 57.8 Å². The minimum absolute atomic E-state index is 0.0474. The normalized spacial score (nSPS) is 38.0. The number of nitrogens with zero attached hydrogens (tertiary/aromatic N) is 1. The lowest BCUT2D eigenvalue weighted by Gasteiger charge is -2.59. The first kappa shape index (κ1) is 14.6. The average Bonchev–Trinajstić information content (AvgIpc) is 2.88. The lowest BCUT2D eigenvalue weighted by molar-refractivity contribution is -0.176. The second kappa shape index (κ2) is 5.29. The van der Waals surface area contributed by atoms with Crippen molar-refractivity contribution in [2.24, 2.45) is 16.1 Å². The number of nitrogens with one attached hydrogen (secondary N) is 1. The molecule has 0 aromatic carbocycles. The summed E-state index contributed by atoms with van der Waals surface area (Å²) < 4.78 is 11.1. The second-order valence-electron chi connectivity index (χ2n) is 6.42. The number of methoxy groups -OCH3 is 1. The summed E-state index contributed by atoms with van der Waals surface area (Å²) >= 11 is 0. The topological polar surface area (TPSA) is 68.9 Å². The number of ether oxygens (including phenoxy) is 2. The molecule has 3 unspecified atom stereocenters. The summed E-state index contributed by atoms with van der Waals surface area (Å²) in [5.41, 5.74) is 5.92. The van der Waals surface area contributed by atoms with Gasteiger partial charge in [-0.05, 0) is 26.2 Å². The number of rotatable bonds is 4. The first-order valence-electron chi connectivity index (χ1n) is 7.12. The van der Waals surface area contributed by atoms with Crippen LogP contribution in [0.3, 0.4) is 0 Å². The number of aliphatic imine (C=N–C) groups is 1. The van der Waals surface area contributed by atoms with Gasteiger partial charge in [-0.25, -0.2) is 0 Å². The fourth-order valence-corrected chi connectivity index (χ4v) is 2.94. The molecule has 1 saturated heterocycles. The van der Waals surface area contributed by atoms with Crippen LogP contribution in [0, 0.1) is 5.41 Å². The van der Waals surface area contributed by atoms with Gasteiger partial charge in [0.25, 0.3) is 0 Å². The first-order valence-corrected chi connectivity index (χ1v) is 7.12. The lowest BCUT2D eigenvalue weighted by atomic mass is 9.56. The monoisotopic (exact) mass is 269 g/mol. The van der Waals surface area contributed by atoms with E-state index in [-0.39, 0.29) is 17.1 Å². The summed E-state index contributed by atoms with van der Waals surface area (Å²) in [5, 5.41) is 3.31. The van der Waals surface area contributed by atoms with Crippen molar-refractivity contribution >= 4 is 5.96 Å². The number of guanidine groups is 1. The van der Waals surface area contributed by atoms with E-state index >= 15 is 0 Å². The van der Waals surface area contributed by atoms with E-state index in [1.54, 1.807) is 7.11 Å². The van der Waals surface area contributed by atoms with E-state index in [9.17, 15) is 0 Å². The molecule has 2 aliphatic rings. The van der Waals surface area contributed by atoms with Gasteiger partial charge >= 0.3 is 0 Å². The molecule has 0 bridgehead atoms. The molecule has 5 nitrogen and oxygen atoms in total. The molecular formula is C14H27N3O2. The van der Waals surface area contributed by atoms with E-state index in [1.165, 1.54) is 0 Å². The minimum atomic E-state index is -0.0838. The maximum Gasteiger partial charge on any atom is 0.188 e. The predicted molar refractivity (Wildman–Crippen MR) is 76.2 cm³/mol. The highest BCUT2D eigenvalue weighted by atomic mass is 16.5. The SMILES string of the molecule is COC1(C)CC(NC(N)=NCC2CCCO2)C1(C)C. The van der Waals surface area contributed by atoms with Gasteiger partial charge in [0.15, 0.2) is 5.96 Å². The van der Waals surface area contributed by atoms with Crippen molar-refractivity contribution in [3.05, 3.63) is 0 Å². The average molecular weight is 269 g/mol. The largest absolute Gasteiger partial charge is 0.378 e. The van der Waals surface area contributed by atoms with Gasteiger partial charge in [-0.15, -0.1) is 0 Å². The van der Waals surface area contributed by atoms with Crippen LogP contribution in [-0.2, 0) is 9.47 Å². The van der Waals surface area contributed by atoms with Crippen molar-refractivity contribution in [3.63, 3.8) is 0 Å². The molecule has 19 heavy (non-hydrogen) atoms. The molecule has 0 aromatic heterocycles. The van der Waals surface area contributed by atoms with E-state index in [2.05, 4.69) is 31.1 Å². The molecule has 3 atom stereocenters. The van der Waals surface area contributed by atoms with E-state index in [4.69, 9.17) is 15.2 Å². The zero-order valence-electron chi connectivity index (χ0n) is 12.5. The molecule has 0 amide bonds. The third-order valence-electron chi connectivity index (χ3n) is 5.09. The maximum atomic E-state index is 5.96. The number of hydrogen-bond donors (Lipinski definition) is 2. The van der Waals surface area contributed by atoms with Crippen LogP contribution in [0.5, 0.6) is 0 Å². The van der Waals surface area contributed by atoms with Crippen molar-refractivity contribution in [3.8, 4) is 0 Å². The molecule has 0 radical (unpaired) electrons. The molecule has 110 valence electrons. The Bertz CT molecular complexity index is 351. The summed E-state index contributed by atoms with van der Waals surface area (Å²) in [6.45, 7) is 8.06. The van der Waals surface area contributed by atoms with E-state index in [0.717, 1.165) is 25.9 Å². The predicted octanol–water partition coefficient (Wildman–Crippen LogP) is 1.27. The first-order chi connectivity index (χ1) is 8.89. The van der Waals surface area contributed by atoms with Crippen molar-refractivity contribution < 1.29 is 9.47 Å². The fraction of sp³-hybridized carbons (Fsp3) is 0.929. The van der Waals surface area contributed by atoms with Crippen molar-refractivity contribution in [2.75, 3.05) is 20.3 Å². The van der Waals surface area contributed by atoms with Gasteiger partial charge in [0.05, 0.1) is 18.2 Å². The standard InChI is InChI=1S/C14H27N3O2/c1-13(2)11(8-14(13,3)18-4)17-12(15)16-9-10-6-5-7-19-10/h10-11H,5-9H2,1-4H3,(H3,15,16,17). The van der Waals surface area contributed by atoms with Crippen LogP contribution >= 0.6 is 0 Å². The zero-order valence-corrected chi connectivity index (χ0v) is 12.5. The van der Waals surface area contributed by atoms with Crippen molar-refractivity contribution in [1.82, 2.24) is 5.32 Å². The van der Waals surface area contributed by atoms with Crippen LogP contribution in [0.4, 0.5) is 0 Å². The van der Waals surface area contributed by atoms with Crippen LogP contribution in [0.25, 0.3) is 0 Å². The van der Waals surface area contributed by atoms with Crippen LogP contribution in [0.15, 0.2) is 4.99 Å². The highest BCUT2D eigenvalue weighted by molar-refractivity contribution is 5.78. The Balaban J connectivity index is 1.83. The Morgan fingerprint density at radius 1 is 1.47 bits per heavy atom. The van der Waals surface area contributed by atoms with Gasteiger partial charge in [-0.1, -0.05) is 13.8 Å². The molecule has 3 N–H and O–H groups in total. The molecule has 1 aliphatic carbocycles. The molecule has 1 aliphatic heterocycles. The van der Waals surface area contributed by atoms with Crippen LogP contribution in [0.2, 0.25) is 0 Å². The molecule has 0 spiro atoms. The van der Waals surface area contributed by atoms with Crippen LogP contribution in [-0.4, -0.2) is 44.0 Å². The third kappa shape index (κ3) is 2.72. The van der Waals surface area contributed by atoms with Crippen molar-refractivity contribution in [1.29, 1.82) is 0 Å². The van der Waals surface area contributed by atoms with E-state index < -0.39 is 0 Å². The molecule has 1 saturated carbocycles. The molecule has 2 fully saturated rings. The maximum absolute atomic E-state index is 5.96. The smallest absolute Gasteiger partial charge is 0.188 e.